The molecule has 4 heteroatoms. The van der Waals surface area contributed by atoms with Crippen molar-refractivity contribution in [1.82, 2.24) is 5.32 Å². The number of hydrogen-bond acceptors (Lipinski definition) is 2. The molecule has 0 fully saturated rings. The van der Waals surface area contributed by atoms with Crippen LogP contribution in [-0.4, -0.2) is 13.7 Å². The summed E-state index contributed by atoms with van der Waals surface area (Å²) in [6, 6.07) is 14.2. The smallest absolute Gasteiger partial charge is 0.120 e. The Balaban J connectivity index is 2.37. The van der Waals surface area contributed by atoms with Crippen LogP contribution in [0.3, 0.4) is 0 Å². The molecule has 0 saturated heterocycles. The zero-order valence-electron chi connectivity index (χ0n) is 12.2. The Hall–Kier alpha value is -1.03. The molecule has 0 radical (unpaired) electrons. The number of methoxy groups -OCH3 is 1. The number of nitrogens with one attached hydrogen (secondary N) is 1. The van der Waals surface area contributed by atoms with E-state index in [0.29, 0.717) is 0 Å². The van der Waals surface area contributed by atoms with Gasteiger partial charge in [-0.2, -0.15) is 0 Å². The van der Waals surface area contributed by atoms with Gasteiger partial charge in [-0.3, -0.25) is 0 Å². The van der Waals surface area contributed by atoms with Gasteiger partial charge >= 0.3 is 0 Å². The fraction of sp³-hybridized carbons (Fsp3) is 0.294. The Morgan fingerprint density at radius 2 is 1.90 bits per heavy atom. The lowest BCUT2D eigenvalue weighted by molar-refractivity contribution is 0.414. The monoisotopic (exact) mass is 367 g/mol. The molecule has 1 atom stereocenters. The molecule has 21 heavy (non-hydrogen) atoms. The molecule has 0 aliphatic rings. The molecule has 2 rings (SSSR count). The maximum atomic E-state index is 5.99. The lowest BCUT2D eigenvalue weighted by Crippen LogP contribution is -2.23. The van der Waals surface area contributed by atoms with E-state index in [9.17, 15) is 0 Å². The maximum Gasteiger partial charge on any atom is 0.120 e. The Bertz CT molecular complexity index is 586. The highest BCUT2D eigenvalue weighted by molar-refractivity contribution is 9.10. The fourth-order valence-electron chi connectivity index (χ4n) is 2.22. The van der Waals surface area contributed by atoms with Crippen molar-refractivity contribution < 1.29 is 4.74 Å². The van der Waals surface area contributed by atoms with Crippen LogP contribution in [0.5, 0.6) is 5.75 Å². The first-order valence-corrected chi connectivity index (χ1v) is 8.15. The summed E-state index contributed by atoms with van der Waals surface area (Å²) in [5, 5.41) is 4.34. The first kappa shape index (κ1) is 16.3. The molecule has 1 N–H and O–H groups in total. The van der Waals surface area contributed by atoms with Crippen LogP contribution in [0.2, 0.25) is 5.02 Å². The minimum absolute atomic E-state index is 0.127. The summed E-state index contributed by atoms with van der Waals surface area (Å²) >= 11 is 9.64. The summed E-state index contributed by atoms with van der Waals surface area (Å²) in [6.45, 7) is 3.11. The van der Waals surface area contributed by atoms with E-state index in [2.05, 4.69) is 46.4 Å². The average Bonchev–Trinajstić information content (AvgIpc) is 2.50. The summed E-state index contributed by atoms with van der Waals surface area (Å²) in [4.78, 5) is 0. The van der Waals surface area contributed by atoms with E-state index in [1.807, 2.05) is 24.3 Å². The van der Waals surface area contributed by atoms with Crippen molar-refractivity contribution in [3.05, 3.63) is 63.1 Å². The molecule has 0 spiro atoms. The number of benzene rings is 2. The van der Waals surface area contributed by atoms with Crippen LogP contribution >= 0.6 is 27.5 Å². The molecular weight excluding hydrogens is 350 g/mol. The topological polar surface area (TPSA) is 21.3 Å². The third-order valence-corrected chi connectivity index (χ3v) is 4.26. The van der Waals surface area contributed by atoms with E-state index >= 15 is 0 Å². The first-order chi connectivity index (χ1) is 10.2. The fourth-order valence-corrected chi connectivity index (χ4v) is 2.93. The third-order valence-electron chi connectivity index (χ3n) is 3.32. The quantitative estimate of drug-likeness (QED) is 0.756. The van der Waals surface area contributed by atoms with E-state index < -0.39 is 0 Å². The van der Waals surface area contributed by atoms with Gasteiger partial charge in [0.1, 0.15) is 5.75 Å². The van der Waals surface area contributed by atoms with Crippen molar-refractivity contribution >= 4 is 27.5 Å². The predicted molar refractivity (Wildman–Crippen MR) is 92.3 cm³/mol. The van der Waals surface area contributed by atoms with Gasteiger partial charge in [-0.1, -0.05) is 52.7 Å². The van der Waals surface area contributed by atoms with Gasteiger partial charge in [0, 0.05) is 9.50 Å². The molecule has 0 aromatic heterocycles. The number of halogens is 2. The minimum atomic E-state index is 0.127. The number of rotatable bonds is 6. The van der Waals surface area contributed by atoms with Crippen molar-refractivity contribution in [3.63, 3.8) is 0 Å². The maximum absolute atomic E-state index is 5.99. The molecule has 0 heterocycles. The molecule has 2 aromatic rings. The van der Waals surface area contributed by atoms with Crippen molar-refractivity contribution in [2.45, 2.75) is 19.4 Å². The lowest BCUT2D eigenvalue weighted by atomic mass is 9.98. The SMILES string of the molecule is CCCNC(c1ccc(Cl)cc1)c1ccc(OC)cc1Br. The minimum Gasteiger partial charge on any atom is -0.497 e. The van der Waals surface area contributed by atoms with Gasteiger partial charge in [0.2, 0.25) is 0 Å². The van der Waals surface area contributed by atoms with Gasteiger partial charge in [-0.05, 0) is 48.4 Å². The molecule has 112 valence electrons. The Morgan fingerprint density at radius 3 is 2.48 bits per heavy atom. The average molecular weight is 369 g/mol. The van der Waals surface area contributed by atoms with E-state index in [-0.39, 0.29) is 6.04 Å². The van der Waals surface area contributed by atoms with E-state index in [1.54, 1.807) is 7.11 Å². The second-order valence-corrected chi connectivity index (χ2v) is 6.12. The molecule has 0 bridgehead atoms. The first-order valence-electron chi connectivity index (χ1n) is 6.98. The highest BCUT2D eigenvalue weighted by Crippen LogP contribution is 2.32. The molecule has 2 aromatic carbocycles. The van der Waals surface area contributed by atoms with Crippen molar-refractivity contribution in [3.8, 4) is 5.75 Å². The van der Waals surface area contributed by atoms with Crippen LogP contribution in [0, 0.1) is 0 Å². The van der Waals surface area contributed by atoms with Gasteiger partial charge in [0.25, 0.3) is 0 Å². The van der Waals surface area contributed by atoms with Crippen molar-refractivity contribution in [2.75, 3.05) is 13.7 Å². The number of ether oxygens (including phenoxy) is 1. The van der Waals surface area contributed by atoms with Gasteiger partial charge in [0.15, 0.2) is 0 Å². The van der Waals surface area contributed by atoms with Crippen LogP contribution in [0.4, 0.5) is 0 Å². The summed E-state index contributed by atoms with van der Waals surface area (Å²) < 4.78 is 6.30. The molecule has 0 aliphatic carbocycles. The van der Waals surface area contributed by atoms with E-state index in [1.165, 1.54) is 11.1 Å². The number of hydrogen-bond donors (Lipinski definition) is 1. The van der Waals surface area contributed by atoms with E-state index in [4.69, 9.17) is 16.3 Å². The second-order valence-electron chi connectivity index (χ2n) is 4.83. The highest BCUT2D eigenvalue weighted by atomic mass is 79.9. The molecular formula is C17H19BrClNO. The van der Waals surface area contributed by atoms with Crippen molar-refractivity contribution in [2.24, 2.45) is 0 Å². The lowest BCUT2D eigenvalue weighted by Gasteiger charge is -2.21. The second kappa shape index (κ2) is 7.83. The van der Waals surface area contributed by atoms with Crippen LogP contribution in [-0.2, 0) is 0 Å². The van der Waals surface area contributed by atoms with Crippen molar-refractivity contribution in [1.29, 1.82) is 0 Å². The molecule has 1 unspecified atom stereocenters. The summed E-state index contributed by atoms with van der Waals surface area (Å²) in [7, 11) is 1.67. The Morgan fingerprint density at radius 1 is 1.19 bits per heavy atom. The third kappa shape index (κ3) is 4.22. The zero-order chi connectivity index (χ0) is 15.2. The molecule has 2 nitrogen and oxygen atoms in total. The van der Waals surface area contributed by atoms with Crippen LogP contribution < -0.4 is 10.1 Å². The van der Waals surface area contributed by atoms with Gasteiger partial charge in [-0.15, -0.1) is 0 Å². The molecule has 0 aliphatic heterocycles. The Kier molecular flexibility index (Phi) is 6.09. The van der Waals surface area contributed by atoms with Crippen LogP contribution in [0.15, 0.2) is 46.9 Å². The molecule has 0 amide bonds. The van der Waals surface area contributed by atoms with Gasteiger partial charge < -0.3 is 10.1 Å². The summed E-state index contributed by atoms with van der Waals surface area (Å²) in [5.41, 5.74) is 2.38. The Labute approximate surface area is 139 Å². The highest BCUT2D eigenvalue weighted by Gasteiger charge is 2.16. The van der Waals surface area contributed by atoms with Gasteiger partial charge in [0.05, 0.1) is 13.2 Å². The largest absolute Gasteiger partial charge is 0.497 e. The predicted octanol–water partition coefficient (Wildman–Crippen LogP) is 5.20. The summed E-state index contributed by atoms with van der Waals surface area (Å²) in [6.07, 6.45) is 1.08. The standard InChI is InChI=1S/C17H19BrClNO/c1-3-10-20-17(12-4-6-13(19)7-5-12)15-9-8-14(21-2)11-16(15)18/h4-9,11,17,20H,3,10H2,1-2H3. The normalized spacial score (nSPS) is 12.2. The zero-order valence-corrected chi connectivity index (χ0v) is 14.5. The summed E-state index contributed by atoms with van der Waals surface area (Å²) in [5.74, 6) is 0.843. The van der Waals surface area contributed by atoms with Gasteiger partial charge in [-0.25, -0.2) is 0 Å². The van der Waals surface area contributed by atoms with E-state index in [0.717, 1.165) is 28.2 Å². The van der Waals surface area contributed by atoms with Crippen LogP contribution in [0.25, 0.3) is 0 Å². The van der Waals surface area contributed by atoms with Crippen LogP contribution in [0.1, 0.15) is 30.5 Å². The molecule has 0 saturated carbocycles.